The summed E-state index contributed by atoms with van der Waals surface area (Å²) in [5.74, 6) is -1.66. The van der Waals surface area contributed by atoms with E-state index in [0.717, 1.165) is 47.8 Å². The van der Waals surface area contributed by atoms with Gasteiger partial charge in [0.25, 0.3) is 32.1 Å². The van der Waals surface area contributed by atoms with Gasteiger partial charge in [0, 0.05) is 69.6 Å². The van der Waals surface area contributed by atoms with E-state index in [-0.39, 0.29) is 102 Å². The maximum Gasteiger partial charge on any atom is 0.295 e. The van der Waals surface area contributed by atoms with E-state index in [4.69, 9.17) is 9.47 Å². The van der Waals surface area contributed by atoms with Crippen molar-refractivity contribution < 1.29 is 61.8 Å². The van der Waals surface area contributed by atoms with E-state index >= 15 is 0 Å². The van der Waals surface area contributed by atoms with E-state index in [1.807, 2.05) is 0 Å². The van der Waals surface area contributed by atoms with Crippen molar-refractivity contribution >= 4 is 92.6 Å². The number of benzene rings is 4. The molecule has 0 bridgehead atoms. The largest absolute Gasteiger partial charge is 0.379 e. The van der Waals surface area contributed by atoms with Crippen molar-refractivity contribution in [3.05, 3.63) is 102 Å². The average molecular weight is 969 g/mol. The number of nitrogens with one attached hydrogen (secondary N) is 2. The lowest BCUT2D eigenvalue weighted by molar-refractivity contribution is 0.0729. The Labute approximate surface area is 367 Å². The molecule has 2 fully saturated rings. The van der Waals surface area contributed by atoms with Crippen LogP contribution in [0.15, 0.2) is 109 Å². The molecule has 6 rings (SSSR count). The van der Waals surface area contributed by atoms with Gasteiger partial charge in [0.15, 0.2) is 0 Å². The third-order valence-electron chi connectivity index (χ3n) is 9.71. The van der Waals surface area contributed by atoms with Crippen LogP contribution >= 0.6 is 23.5 Å². The highest BCUT2D eigenvalue weighted by molar-refractivity contribution is 7.99. The van der Waals surface area contributed by atoms with Crippen molar-refractivity contribution in [2.45, 2.75) is 29.4 Å². The molecule has 0 spiro atoms. The number of carbonyl (C=O) groups excluding carboxylic acids is 2. The minimum absolute atomic E-state index is 0.0862. The van der Waals surface area contributed by atoms with Gasteiger partial charge in [0.2, 0.25) is 20.0 Å². The van der Waals surface area contributed by atoms with Crippen LogP contribution in [0.1, 0.15) is 31.8 Å². The third kappa shape index (κ3) is 10.3. The summed E-state index contributed by atoms with van der Waals surface area (Å²) >= 11 is 2.32. The molecular weight excluding hydrogens is 929 g/mol. The maximum absolute atomic E-state index is 13.5. The Kier molecular flexibility index (Phi) is 14.4. The monoisotopic (exact) mass is 968 g/mol. The van der Waals surface area contributed by atoms with Crippen molar-refractivity contribution in [2.24, 2.45) is 0 Å². The zero-order valence-electron chi connectivity index (χ0n) is 32.9. The fourth-order valence-electron chi connectivity index (χ4n) is 6.57. The van der Waals surface area contributed by atoms with Gasteiger partial charge < -0.3 is 20.1 Å². The highest BCUT2D eigenvalue weighted by Gasteiger charge is 2.32. The molecule has 4 aromatic carbocycles. The molecule has 18 nitrogen and oxygen atoms in total. The Hall–Kier alpha value is -4.18. The Bertz CT molecular complexity index is 2700. The van der Waals surface area contributed by atoms with Gasteiger partial charge in [-0.1, -0.05) is 18.7 Å². The summed E-state index contributed by atoms with van der Waals surface area (Å²) in [5.41, 5.74) is -1.49. The predicted octanol–water partition coefficient (Wildman–Crippen LogP) is 4.23. The van der Waals surface area contributed by atoms with Gasteiger partial charge in [0.05, 0.1) is 36.2 Å². The SMILES string of the molecule is C=C(c1ccc(NC(=O)c2ccc(SC)c(S(=O)(=O)N3CCOCC3)c2)cc1S(=O)(=O)O)c1ccc(NC(=O)c2ccc(SC)c(S(=O)(=O)N3CCOCC3)c2)cc1S(=O)(=O)O. The summed E-state index contributed by atoms with van der Waals surface area (Å²) in [6.45, 7) is 5.13. The molecular formula is C38H40N4O14S6. The number of hydrogen-bond acceptors (Lipinski definition) is 14. The Morgan fingerprint density at radius 2 is 0.919 bits per heavy atom. The van der Waals surface area contributed by atoms with Crippen LogP contribution in [-0.4, -0.2) is 128 Å². The molecule has 0 aliphatic carbocycles. The van der Waals surface area contributed by atoms with Crippen molar-refractivity contribution in [1.29, 1.82) is 0 Å². The molecule has 2 aliphatic rings. The van der Waals surface area contributed by atoms with Crippen LogP contribution in [0.2, 0.25) is 0 Å². The molecule has 0 radical (unpaired) electrons. The van der Waals surface area contributed by atoms with E-state index < -0.39 is 61.9 Å². The van der Waals surface area contributed by atoms with Crippen LogP contribution in [0.5, 0.6) is 0 Å². The predicted molar refractivity (Wildman–Crippen MR) is 232 cm³/mol. The summed E-state index contributed by atoms with van der Waals surface area (Å²) in [5, 5.41) is 4.97. The standard InChI is InChI=1S/C38H40N4O14S6/c1-24(29-8-6-27(22-33(29)61(49,50)51)39-37(43)25-4-10-31(57-2)35(20-25)59(45,46)41-12-16-55-17-13-41)30-9-7-28(23-34(30)62(52,53)54)40-38(44)26-5-11-32(58-3)36(21-26)60(47,48)42-14-18-56-19-15-42/h4-11,20-23H,1,12-19H2,2-3H3,(H,39,43)(H,40,44)(H,49,50,51)(H,52,53,54). The van der Waals surface area contributed by atoms with Crippen LogP contribution < -0.4 is 10.6 Å². The van der Waals surface area contributed by atoms with Gasteiger partial charge in [-0.15, -0.1) is 23.5 Å². The number of hydrogen-bond donors (Lipinski definition) is 4. The zero-order chi connectivity index (χ0) is 45.2. The first-order valence-electron chi connectivity index (χ1n) is 18.2. The van der Waals surface area contributed by atoms with Crippen molar-refractivity contribution in [3.8, 4) is 0 Å². The molecule has 62 heavy (non-hydrogen) atoms. The fraction of sp³-hybridized carbons (Fsp3) is 0.263. The summed E-state index contributed by atoms with van der Waals surface area (Å²) < 4.78 is 139. The van der Waals surface area contributed by atoms with E-state index in [1.54, 1.807) is 12.5 Å². The number of thioether (sulfide) groups is 2. The lowest BCUT2D eigenvalue weighted by atomic mass is 9.98. The molecule has 332 valence electrons. The quantitative estimate of drug-likeness (QED) is 0.102. The van der Waals surface area contributed by atoms with Crippen LogP contribution in [-0.2, 0) is 49.8 Å². The highest BCUT2D eigenvalue weighted by Crippen LogP contribution is 2.36. The van der Waals surface area contributed by atoms with Crippen molar-refractivity contribution in [3.63, 3.8) is 0 Å². The molecule has 0 atom stereocenters. The molecule has 2 heterocycles. The van der Waals surface area contributed by atoms with Gasteiger partial charge in [-0.3, -0.25) is 18.7 Å². The second-order valence-electron chi connectivity index (χ2n) is 13.5. The van der Waals surface area contributed by atoms with Crippen LogP contribution in [0.3, 0.4) is 0 Å². The van der Waals surface area contributed by atoms with E-state index in [9.17, 15) is 52.4 Å². The number of sulfonamides is 2. The topological polar surface area (TPSA) is 260 Å². The minimum Gasteiger partial charge on any atom is -0.379 e. The summed E-state index contributed by atoms with van der Waals surface area (Å²) in [7, 11) is -18.3. The van der Waals surface area contributed by atoms with Crippen molar-refractivity contribution in [1.82, 2.24) is 8.61 Å². The maximum atomic E-state index is 13.5. The second kappa shape index (κ2) is 18.9. The van der Waals surface area contributed by atoms with Crippen LogP contribution in [0.4, 0.5) is 11.4 Å². The number of rotatable bonds is 14. The molecule has 2 aliphatic heterocycles. The molecule has 4 aromatic rings. The zero-order valence-corrected chi connectivity index (χ0v) is 37.8. The van der Waals surface area contributed by atoms with E-state index in [1.165, 1.54) is 57.1 Å². The van der Waals surface area contributed by atoms with Gasteiger partial charge in [0.1, 0.15) is 9.79 Å². The molecule has 0 aromatic heterocycles. The normalized spacial score (nSPS) is 15.8. The lowest BCUT2D eigenvalue weighted by Gasteiger charge is -2.27. The summed E-state index contributed by atoms with van der Waals surface area (Å²) in [6, 6.07) is 14.6. The van der Waals surface area contributed by atoms with E-state index in [0.29, 0.717) is 9.79 Å². The van der Waals surface area contributed by atoms with Gasteiger partial charge >= 0.3 is 0 Å². The average Bonchev–Trinajstić information content (AvgIpc) is 3.25. The fourth-order valence-corrected chi connectivity index (χ4v) is 13.1. The number of nitrogens with zero attached hydrogens (tertiary/aromatic N) is 2. The lowest BCUT2D eigenvalue weighted by Crippen LogP contribution is -2.40. The second-order valence-corrected chi connectivity index (χ2v) is 21.8. The minimum atomic E-state index is -5.12. The van der Waals surface area contributed by atoms with Crippen molar-refractivity contribution in [2.75, 3.05) is 75.8 Å². The smallest absolute Gasteiger partial charge is 0.295 e. The Morgan fingerprint density at radius 3 is 1.24 bits per heavy atom. The Balaban J connectivity index is 1.28. The van der Waals surface area contributed by atoms with Gasteiger partial charge in [-0.05, 0) is 78.7 Å². The number of ether oxygens (including phenoxy) is 2. The van der Waals surface area contributed by atoms with Crippen LogP contribution in [0.25, 0.3) is 5.57 Å². The molecule has 2 saturated heterocycles. The van der Waals surface area contributed by atoms with Gasteiger partial charge in [-0.2, -0.15) is 25.4 Å². The number of amides is 2. The molecule has 2 amide bonds. The summed E-state index contributed by atoms with van der Waals surface area (Å²) in [6.07, 6.45) is 3.36. The van der Waals surface area contributed by atoms with Gasteiger partial charge in [-0.25, -0.2) is 16.8 Å². The number of carbonyl (C=O) groups is 2. The number of anilines is 2. The van der Waals surface area contributed by atoms with Crippen LogP contribution in [0, 0.1) is 0 Å². The first-order valence-corrected chi connectivity index (χ1v) is 26.4. The molecule has 4 N–H and O–H groups in total. The summed E-state index contributed by atoms with van der Waals surface area (Å²) in [4.78, 5) is 25.8. The first-order chi connectivity index (χ1) is 29.2. The number of morpholine rings is 2. The third-order valence-corrected chi connectivity index (χ3v) is 17.2. The van der Waals surface area contributed by atoms with E-state index in [2.05, 4.69) is 17.2 Å². The Morgan fingerprint density at radius 1 is 0.565 bits per heavy atom. The molecule has 0 saturated carbocycles. The molecule has 24 heteroatoms. The highest BCUT2D eigenvalue weighted by atomic mass is 32.2. The first kappa shape index (κ1) is 47.3. The molecule has 0 unspecified atom stereocenters.